The van der Waals surface area contributed by atoms with Gasteiger partial charge >= 0.3 is 0 Å². The molecule has 0 saturated carbocycles. The zero-order chi connectivity index (χ0) is 9.72. The van der Waals surface area contributed by atoms with E-state index in [4.69, 9.17) is 0 Å². The summed E-state index contributed by atoms with van der Waals surface area (Å²) in [6.07, 6.45) is 3.13. The maximum absolute atomic E-state index is 3.80. The lowest BCUT2D eigenvalue weighted by atomic mass is 9.84. The number of allylic oxidation sites excluding steroid dienone is 3. The van der Waals surface area contributed by atoms with Crippen molar-refractivity contribution in [2.45, 2.75) is 41.0 Å². The Morgan fingerprint density at radius 3 is 2.00 bits per heavy atom. The molecule has 0 aliphatic carbocycles. The maximum Gasteiger partial charge on any atom is -0.0146 e. The standard InChI is InChI=1S/C12H22/c1-7-8-12(10(4)5)11(6)9(2)3/h7,10,12H,1,8H2,2-6H3. The highest BCUT2D eigenvalue weighted by Gasteiger charge is 2.13. The Morgan fingerprint density at radius 2 is 1.75 bits per heavy atom. The fourth-order valence-electron chi connectivity index (χ4n) is 1.50. The van der Waals surface area contributed by atoms with Gasteiger partial charge in [0.05, 0.1) is 0 Å². The van der Waals surface area contributed by atoms with Crippen LogP contribution < -0.4 is 0 Å². The van der Waals surface area contributed by atoms with Gasteiger partial charge in [0, 0.05) is 0 Å². The minimum absolute atomic E-state index is 0.687. The molecule has 1 atom stereocenters. The van der Waals surface area contributed by atoms with Crippen molar-refractivity contribution in [1.82, 2.24) is 0 Å². The number of rotatable bonds is 4. The predicted molar refractivity (Wildman–Crippen MR) is 57.2 cm³/mol. The molecule has 12 heavy (non-hydrogen) atoms. The first-order chi connectivity index (χ1) is 5.50. The summed E-state index contributed by atoms with van der Waals surface area (Å²) in [7, 11) is 0. The van der Waals surface area contributed by atoms with Gasteiger partial charge < -0.3 is 0 Å². The Hall–Kier alpha value is -0.520. The van der Waals surface area contributed by atoms with Crippen molar-refractivity contribution in [1.29, 1.82) is 0 Å². The van der Waals surface area contributed by atoms with Crippen LogP contribution in [0.5, 0.6) is 0 Å². The van der Waals surface area contributed by atoms with Crippen molar-refractivity contribution in [3.8, 4) is 0 Å². The summed E-state index contributed by atoms with van der Waals surface area (Å²) < 4.78 is 0. The minimum Gasteiger partial charge on any atom is -0.103 e. The summed E-state index contributed by atoms with van der Waals surface area (Å²) in [4.78, 5) is 0. The highest BCUT2D eigenvalue weighted by atomic mass is 14.2. The average molecular weight is 166 g/mol. The Labute approximate surface area is 77.4 Å². The smallest absolute Gasteiger partial charge is 0.0146 e. The fourth-order valence-corrected chi connectivity index (χ4v) is 1.50. The monoisotopic (exact) mass is 166 g/mol. The molecule has 0 aliphatic rings. The molecule has 0 aromatic carbocycles. The van der Waals surface area contributed by atoms with E-state index in [9.17, 15) is 0 Å². The summed E-state index contributed by atoms with van der Waals surface area (Å²) >= 11 is 0. The van der Waals surface area contributed by atoms with Gasteiger partial charge in [-0.1, -0.05) is 31.1 Å². The van der Waals surface area contributed by atoms with Crippen LogP contribution in [0, 0.1) is 11.8 Å². The summed E-state index contributed by atoms with van der Waals surface area (Å²) in [6, 6.07) is 0. The first-order valence-corrected chi connectivity index (χ1v) is 4.75. The van der Waals surface area contributed by atoms with E-state index in [2.05, 4.69) is 41.2 Å². The molecule has 0 aliphatic heterocycles. The van der Waals surface area contributed by atoms with Crippen molar-refractivity contribution >= 4 is 0 Å². The molecule has 0 aromatic heterocycles. The van der Waals surface area contributed by atoms with Crippen molar-refractivity contribution in [2.24, 2.45) is 11.8 Å². The van der Waals surface area contributed by atoms with Crippen molar-refractivity contribution in [3.05, 3.63) is 23.8 Å². The molecule has 0 rings (SSSR count). The third-order valence-electron chi connectivity index (χ3n) is 2.57. The molecule has 0 heterocycles. The van der Waals surface area contributed by atoms with Gasteiger partial charge in [-0.3, -0.25) is 0 Å². The quantitative estimate of drug-likeness (QED) is 0.549. The summed E-state index contributed by atoms with van der Waals surface area (Å²) in [5.41, 5.74) is 2.99. The van der Waals surface area contributed by atoms with Gasteiger partial charge in [0.25, 0.3) is 0 Å². The lowest BCUT2D eigenvalue weighted by molar-refractivity contribution is 0.444. The van der Waals surface area contributed by atoms with Crippen LogP contribution in [0.25, 0.3) is 0 Å². The average Bonchev–Trinajstić information content (AvgIpc) is 1.98. The molecule has 70 valence electrons. The largest absolute Gasteiger partial charge is 0.103 e. The van der Waals surface area contributed by atoms with E-state index in [0.717, 1.165) is 12.3 Å². The van der Waals surface area contributed by atoms with Gasteiger partial charge in [-0.2, -0.15) is 0 Å². The van der Waals surface area contributed by atoms with E-state index in [0.29, 0.717) is 5.92 Å². The molecule has 0 aromatic rings. The molecule has 0 amide bonds. The zero-order valence-corrected chi connectivity index (χ0v) is 9.15. The Morgan fingerprint density at radius 1 is 1.25 bits per heavy atom. The van der Waals surface area contributed by atoms with Crippen molar-refractivity contribution in [2.75, 3.05) is 0 Å². The van der Waals surface area contributed by atoms with Crippen LogP contribution in [-0.4, -0.2) is 0 Å². The molecular formula is C12H22. The van der Waals surface area contributed by atoms with Crippen LogP contribution >= 0.6 is 0 Å². The molecule has 0 spiro atoms. The van der Waals surface area contributed by atoms with Gasteiger partial charge in [0.1, 0.15) is 0 Å². The first kappa shape index (κ1) is 11.5. The van der Waals surface area contributed by atoms with E-state index < -0.39 is 0 Å². The number of hydrogen-bond donors (Lipinski definition) is 0. The molecule has 0 bridgehead atoms. The van der Waals surface area contributed by atoms with Crippen molar-refractivity contribution < 1.29 is 0 Å². The summed E-state index contributed by atoms with van der Waals surface area (Å²) in [5, 5.41) is 0. The van der Waals surface area contributed by atoms with Gasteiger partial charge in [0.15, 0.2) is 0 Å². The molecular weight excluding hydrogens is 144 g/mol. The third-order valence-corrected chi connectivity index (χ3v) is 2.57. The van der Waals surface area contributed by atoms with E-state index in [1.165, 1.54) is 11.1 Å². The highest BCUT2D eigenvalue weighted by molar-refractivity contribution is 5.12. The van der Waals surface area contributed by atoms with E-state index >= 15 is 0 Å². The fraction of sp³-hybridized carbons (Fsp3) is 0.667. The second kappa shape index (κ2) is 5.18. The summed E-state index contributed by atoms with van der Waals surface area (Å²) in [5.74, 6) is 1.41. The maximum atomic E-state index is 3.80. The summed E-state index contributed by atoms with van der Waals surface area (Å²) in [6.45, 7) is 15.0. The van der Waals surface area contributed by atoms with Gasteiger partial charge in [-0.15, -0.1) is 6.58 Å². The Bertz CT molecular complexity index is 168. The second-order valence-corrected chi connectivity index (χ2v) is 4.06. The van der Waals surface area contributed by atoms with E-state index in [1.807, 2.05) is 6.08 Å². The molecule has 1 unspecified atom stereocenters. The van der Waals surface area contributed by atoms with Crippen LogP contribution in [0.15, 0.2) is 23.8 Å². The lowest BCUT2D eigenvalue weighted by Gasteiger charge is -2.21. The molecule has 0 N–H and O–H groups in total. The molecule has 0 radical (unpaired) electrons. The van der Waals surface area contributed by atoms with Crippen LogP contribution in [0.4, 0.5) is 0 Å². The Balaban J connectivity index is 4.51. The van der Waals surface area contributed by atoms with Gasteiger partial charge in [-0.05, 0) is 39.0 Å². The molecule has 0 saturated heterocycles. The van der Waals surface area contributed by atoms with E-state index in [1.54, 1.807) is 0 Å². The first-order valence-electron chi connectivity index (χ1n) is 4.75. The second-order valence-electron chi connectivity index (χ2n) is 4.06. The zero-order valence-electron chi connectivity index (χ0n) is 9.15. The minimum atomic E-state index is 0.687. The third kappa shape index (κ3) is 3.25. The molecule has 0 heteroatoms. The van der Waals surface area contributed by atoms with Crippen LogP contribution in [0.1, 0.15) is 41.0 Å². The predicted octanol–water partition coefficient (Wildman–Crippen LogP) is 4.19. The van der Waals surface area contributed by atoms with Gasteiger partial charge in [-0.25, -0.2) is 0 Å². The van der Waals surface area contributed by atoms with Gasteiger partial charge in [0.2, 0.25) is 0 Å². The van der Waals surface area contributed by atoms with Crippen LogP contribution in [-0.2, 0) is 0 Å². The van der Waals surface area contributed by atoms with Crippen LogP contribution in [0.2, 0.25) is 0 Å². The number of hydrogen-bond acceptors (Lipinski definition) is 0. The Kier molecular flexibility index (Phi) is 4.96. The SMILES string of the molecule is C=CCC(C(C)=C(C)C)C(C)C. The topological polar surface area (TPSA) is 0 Å². The lowest BCUT2D eigenvalue weighted by Crippen LogP contribution is -2.10. The highest BCUT2D eigenvalue weighted by Crippen LogP contribution is 2.26. The van der Waals surface area contributed by atoms with E-state index in [-0.39, 0.29) is 0 Å². The normalized spacial score (nSPS) is 12.8. The van der Waals surface area contributed by atoms with Crippen molar-refractivity contribution in [3.63, 3.8) is 0 Å². The molecule has 0 fully saturated rings. The molecule has 0 nitrogen and oxygen atoms in total. The van der Waals surface area contributed by atoms with Crippen LogP contribution in [0.3, 0.4) is 0 Å².